The number of nitrogens with two attached hydrogens (primary N) is 1. The zero-order chi connectivity index (χ0) is 12.4. The van der Waals surface area contributed by atoms with Crippen molar-refractivity contribution < 1.29 is 9.90 Å². The predicted octanol–water partition coefficient (Wildman–Crippen LogP) is 2.94. The van der Waals surface area contributed by atoms with Crippen LogP contribution in [0.5, 0.6) is 0 Å². The summed E-state index contributed by atoms with van der Waals surface area (Å²) in [5.41, 5.74) is 9.08. The van der Waals surface area contributed by atoms with Crippen LogP contribution in [0.2, 0.25) is 0 Å². The van der Waals surface area contributed by atoms with Gasteiger partial charge in [-0.15, -0.1) is 0 Å². The molecule has 3 nitrogen and oxygen atoms in total. The molecule has 0 aliphatic rings. The second-order valence-corrected chi connectivity index (χ2v) is 3.94. The Morgan fingerprint density at radius 3 is 2.53 bits per heavy atom. The van der Waals surface area contributed by atoms with Gasteiger partial charge in [-0.2, -0.15) is 0 Å². The van der Waals surface area contributed by atoms with E-state index in [1.54, 1.807) is 18.2 Å². The van der Waals surface area contributed by atoms with Crippen LogP contribution in [0, 0.1) is 6.92 Å². The molecular weight excluding hydrogens is 214 g/mol. The van der Waals surface area contributed by atoms with E-state index in [1.807, 2.05) is 31.2 Å². The van der Waals surface area contributed by atoms with E-state index in [1.165, 1.54) is 0 Å². The molecule has 0 amide bonds. The van der Waals surface area contributed by atoms with Crippen molar-refractivity contribution in [1.82, 2.24) is 0 Å². The van der Waals surface area contributed by atoms with E-state index in [9.17, 15) is 4.79 Å². The van der Waals surface area contributed by atoms with Gasteiger partial charge in [-0.25, -0.2) is 4.79 Å². The summed E-state index contributed by atoms with van der Waals surface area (Å²) >= 11 is 0. The van der Waals surface area contributed by atoms with Crippen LogP contribution in [0.4, 0.5) is 5.69 Å². The molecule has 3 heteroatoms. The first-order valence-electron chi connectivity index (χ1n) is 5.28. The summed E-state index contributed by atoms with van der Waals surface area (Å²) in [5, 5.41) is 9.17. The van der Waals surface area contributed by atoms with Crippen LogP contribution in [0.25, 0.3) is 11.1 Å². The molecule has 0 fully saturated rings. The first-order chi connectivity index (χ1) is 8.09. The number of carboxylic acids is 1. The van der Waals surface area contributed by atoms with Crippen molar-refractivity contribution in [3.63, 3.8) is 0 Å². The number of aryl methyl sites for hydroxylation is 1. The number of aromatic carboxylic acids is 1. The summed E-state index contributed by atoms with van der Waals surface area (Å²) in [4.78, 5) is 11.2. The SMILES string of the molecule is Cc1cccc(-c2c(N)cccc2C(=O)O)c1. The van der Waals surface area contributed by atoms with Gasteiger partial charge in [-0.05, 0) is 24.6 Å². The summed E-state index contributed by atoms with van der Waals surface area (Å²) < 4.78 is 0. The molecule has 0 aromatic heterocycles. The second-order valence-electron chi connectivity index (χ2n) is 3.94. The fourth-order valence-corrected chi connectivity index (χ4v) is 1.87. The monoisotopic (exact) mass is 227 g/mol. The Balaban J connectivity index is 2.70. The van der Waals surface area contributed by atoms with Gasteiger partial charge < -0.3 is 10.8 Å². The molecular formula is C14H13NO2. The van der Waals surface area contributed by atoms with E-state index in [0.717, 1.165) is 11.1 Å². The molecule has 0 saturated carbocycles. The normalized spacial score (nSPS) is 10.2. The number of benzene rings is 2. The Kier molecular flexibility index (Phi) is 2.83. The smallest absolute Gasteiger partial charge is 0.336 e. The summed E-state index contributed by atoms with van der Waals surface area (Å²) in [6.07, 6.45) is 0. The third-order valence-electron chi connectivity index (χ3n) is 2.63. The van der Waals surface area contributed by atoms with Crippen LogP contribution in [-0.2, 0) is 0 Å². The molecule has 2 aromatic rings. The Hall–Kier alpha value is -2.29. The van der Waals surface area contributed by atoms with E-state index in [0.29, 0.717) is 11.3 Å². The Morgan fingerprint density at radius 2 is 1.88 bits per heavy atom. The molecule has 0 aliphatic heterocycles. The Bertz CT molecular complexity index is 576. The lowest BCUT2D eigenvalue weighted by Gasteiger charge is -2.10. The number of hydrogen-bond donors (Lipinski definition) is 2. The van der Waals surface area contributed by atoms with Crippen LogP contribution in [0.1, 0.15) is 15.9 Å². The molecule has 86 valence electrons. The number of nitrogen functional groups attached to an aromatic ring is 1. The summed E-state index contributed by atoms with van der Waals surface area (Å²) in [7, 11) is 0. The molecule has 0 spiro atoms. The quantitative estimate of drug-likeness (QED) is 0.775. The molecule has 0 aliphatic carbocycles. The topological polar surface area (TPSA) is 63.3 Å². The van der Waals surface area contributed by atoms with Gasteiger partial charge in [0.15, 0.2) is 0 Å². The second kappa shape index (κ2) is 4.29. The van der Waals surface area contributed by atoms with Crippen molar-refractivity contribution >= 4 is 11.7 Å². The van der Waals surface area contributed by atoms with Crippen molar-refractivity contribution in [1.29, 1.82) is 0 Å². The minimum absolute atomic E-state index is 0.232. The van der Waals surface area contributed by atoms with Crippen molar-refractivity contribution in [2.24, 2.45) is 0 Å². The molecule has 0 radical (unpaired) electrons. The van der Waals surface area contributed by atoms with E-state index in [4.69, 9.17) is 10.8 Å². The van der Waals surface area contributed by atoms with Gasteiger partial charge >= 0.3 is 5.97 Å². The Morgan fingerprint density at radius 1 is 1.18 bits per heavy atom. The number of anilines is 1. The van der Waals surface area contributed by atoms with Crippen LogP contribution in [0.3, 0.4) is 0 Å². The van der Waals surface area contributed by atoms with E-state index < -0.39 is 5.97 Å². The average molecular weight is 227 g/mol. The van der Waals surface area contributed by atoms with E-state index in [2.05, 4.69) is 0 Å². The fraction of sp³-hybridized carbons (Fsp3) is 0.0714. The maximum atomic E-state index is 11.2. The fourth-order valence-electron chi connectivity index (χ4n) is 1.87. The van der Waals surface area contributed by atoms with Crippen LogP contribution >= 0.6 is 0 Å². The van der Waals surface area contributed by atoms with E-state index in [-0.39, 0.29) is 5.56 Å². The lowest BCUT2D eigenvalue weighted by atomic mass is 9.97. The van der Waals surface area contributed by atoms with Crippen LogP contribution in [0.15, 0.2) is 42.5 Å². The minimum Gasteiger partial charge on any atom is -0.478 e. The van der Waals surface area contributed by atoms with Gasteiger partial charge in [0.1, 0.15) is 0 Å². The first kappa shape index (κ1) is 11.2. The summed E-state index contributed by atoms with van der Waals surface area (Å²) in [6.45, 7) is 1.96. The molecule has 3 N–H and O–H groups in total. The molecule has 0 bridgehead atoms. The number of rotatable bonds is 2. The summed E-state index contributed by atoms with van der Waals surface area (Å²) in [6, 6.07) is 12.6. The molecule has 17 heavy (non-hydrogen) atoms. The van der Waals surface area contributed by atoms with Crippen molar-refractivity contribution in [2.75, 3.05) is 5.73 Å². The highest BCUT2D eigenvalue weighted by molar-refractivity contribution is 5.99. The van der Waals surface area contributed by atoms with Crippen LogP contribution in [-0.4, -0.2) is 11.1 Å². The lowest BCUT2D eigenvalue weighted by Crippen LogP contribution is -2.02. The summed E-state index contributed by atoms with van der Waals surface area (Å²) in [5.74, 6) is -0.964. The van der Waals surface area contributed by atoms with Crippen molar-refractivity contribution in [2.45, 2.75) is 6.92 Å². The molecule has 0 saturated heterocycles. The maximum absolute atomic E-state index is 11.2. The average Bonchev–Trinajstić information content (AvgIpc) is 2.28. The van der Waals surface area contributed by atoms with Gasteiger partial charge in [-0.3, -0.25) is 0 Å². The van der Waals surface area contributed by atoms with Gasteiger partial charge in [-0.1, -0.05) is 35.9 Å². The van der Waals surface area contributed by atoms with Gasteiger partial charge in [0, 0.05) is 11.3 Å². The zero-order valence-electron chi connectivity index (χ0n) is 9.47. The third kappa shape index (κ3) is 2.13. The number of carbonyl (C=O) groups is 1. The highest BCUT2D eigenvalue weighted by Crippen LogP contribution is 2.30. The number of carboxylic acid groups (broad SMARTS) is 1. The van der Waals surface area contributed by atoms with Gasteiger partial charge in [0.05, 0.1) is 5.56 Å². The van der Waals surface area contributed by atoms with E-state index >= 15 is 0 Å². The predicted molar refractivity (Wildman–Crippen MR) is 68.0 cm³/mol. The van der Waals surface area contributed by atoms with Crippen molar-refractivity contribution in [3.8, 4) is 11.1 Å². The highest BCUT2D eigenvalue weighted by Gasteiger charge is 2.14. The number of hydrogen-bond acceptors (Lipinski definition) is 2. The highest BCUT2D eigenvalue weighted by atomic mass is 16.4. The van der Waals surface area contributed by atoms with Crippen LogP contribution < -0.4 is 5.73 Å². The lowest BCUT2D eigenvalue weighted by molar-refractivity contribution is 0.0698. The van der Waals surface area contributed by atoms with Gasteiger partial charge in [0.25, 0.3) is 0 Å². The molecule has 2 aromatic carbocycles. The van der Waals surface area contributed by atoms with Gasteiger partial charge in [0.2, 0.25) is 0 Å². The minimum atomic E-state index is -0.964. The van der Waals surface area contributed by atoms with Crippen molar-refractivity contribution in [3.05, 3.63) is 53.6 Å². The zero-order valence-corrected chi connectivity index (χ0v) is 9.47. The Labute approximate surface area is 99.5 Å². The first-order valence-corrected chi connectivity index (χ1v) is 5.28. The maximum Gasteiger partial charge on any atom is 0.336 e. The molecule has 2 rings (SSSR count). The molecule has 0 unspecified atom stereocenters. The molecule has 0 heterocycles. The third-order valence-corrected chi connectivity index (χ3v) is 2.63. The molecule has 0 atom stereocenters. The standard InChI is InChI=1S/C14H13NO2/c1-9-4-2-5-10(8-9)13-11(14(16)17)6-3-7-12(13)15/h2-8H,15H2,1H3,(H,16,17). The largest absolute Gasteiger partial charge is 0.478 e.